The fraction of sp³-hybridized carbons (Fsp3) is 0. The molecule has 2 N–H and O–H groups in total. The normalized spacial score (nSPS) is 15.7. The van der Waals surface area contributed by atoms with Crippen LogP contribution in [0.5, 0.6) is 0 Å². The Bertz CT molecular complexity index is 530. The first-order valence-corrected chi connectivity index (χ1v) is 5.71. The summed E-state index contributed by atoms with van der Waals surface area (Å²) in [7, 11) is 0. The summed E-state index contributed by atoms with van der Waals surface area (Å²) in [6.07, 6.45) is 23.1. The van der Waals surface area contributed by atoms with Gasteiger partial charge in [-0.3, -0.25) is 4.79 Å². The van der Waals surface area contributed by atoms with Gasteiger partial charge in [-0.25, -0.2) is 0 Å². The molecule has 1 rings (SSSR count). The zero-order valence-corrected chi connectivity index (χ0v) is 10.4. The number of hydrogen-bond acceptors (Lipinski definition) is 3. The molecular formula is C15H15N3O. The van der Waals surface area contributed by atoms with Crippen LogP contribution >= 0.6 is 0 Å². The monoisotopic (exact) mass is 253 g/mol. The Hall–Kier alpha value is -2.75. The lowest BCUT2D eigenvalue weighted by Crippen LogP contribution is -2.11. The van der Waals surface area contributed by atoms with E-state index in [0.717, 1.165) is 0 Å². The molecular weight excluding hydrogens is 238 g/mol. The molecule has 0 atom stereocenters. The second kappa shape index (κ2) is 9.30. The molecule has 1 aliphatic rings. The molecule has 0 aromatic carbocycles. The molecule has 1 heterocycles. The van der Waals surface area contributed by atoms with Crippen molar-refractivity contribution in [3.8, 4) is 0 Å². The van der Waals surface area contributed by atoms with E-state index in [1.165, 1.54) is 12.3 Å². The van der Waals surface area contributed by atoms with Crippen LogP contribution in [0.4, 0.5) is 0 Å². The Morgan fingerprint density at radius 1 is 0.789 bits per heavy atom. The first kappa shape index (κ1) is 14.3. The van der Waals surface area contributed by atoms with Gasteiger partial charge < -0.3 is 5.73 Å². The minimum Gasteiger partial charge on any atom is -0.364 e. The van der Waals surface area contributed by atoms with Gasteiger partial charge in [-0.15, -0.1) is 5.11 Å². The number of carbonyl (C=O) groups is 1. The number of azo groups is 1. The van der Waals surface area contributed by atoms with Crippen LogP contribution in [-0.4, -0.2) is 5.91 Å². The number of carbonyl (C=O) groups excluding carboxylic acids is 1. The summed E-state index contributed by atoms with van der Waals surface area (Å²) < 4.78 is 0. The van der Waals surface area contributed by atoms with Crippen LogP contribution in [0, 0.1) is 0 Å². The SMILES string of the molecule is NC(=O)C1=CC=CC=CC=CC=CC=CC=CN=N1. The number of rotatable bonds is 1. The molecule has 0 radical (unpaired) electrons. The predicted molar refractivity (Wildman–Crippen MR) is 77.0 cm³/mol. The first-order valence-electron chi connectivity index (χ1n) is 5.71. The maximum absolute atomic E-state index is 11.1. The number of amides is 1. The van der Waals surface area contributed by atoms with Crippen LogP contribution in [0.25, 0.3) is 0 Å². The highest BCUT2D eigenvalue weighted by Gasteiger charge is 1.99. The van der Waals surface area contributed by atoms with Crippen LogP contribution in [0.1, 0.15) is 0 Å². The summed E-state index contributed by atoms with van der Waals surface area (Å²) in [5, 5.41) is 7.47. The van der Waals surface area contributed by atoms with Gasteiger partial charge in [0.1, 0.15) is 0 Å². The molecule has 96 valence electrons. The van der Waals surface area contributed by atoms with Gasteiger partial charge in [0.05, 0.1) is 0 Å². The second-order valence-electron chi connectivity index (χ2n) is 3.40. The van der Waals surface area contributed by atoms with Gasteiger partial charge in [0, 0.05) is 6.20 Å². The van der Waals surface area contributed by atoms with E-state index in [0.29, 0.717) is 0 Å². The van der Waals surface area contributed by atoms with Crippen LogP contribution in [0.2, 0.25) is 0 Å². The maximum Gasteiger partial charge on any atom is 0.269 e. The maximum atomic E-state index is 11.1. The summed E-state index contributed by atoms with van der Waals surface area (Å²) >= 11 is 0. The molecule has 19 heavy (non-hydrogen) atoms. The van der Waals surface area contributed by atoms with Gasteiger partial charge in [-0.05, 0) is 12.2 Å². The summed E-state index contributed by atoms with van der Waals surface area (Å²) in [5.41, 5.74) is 5.28. The molecule has 4 heteroatoms. The molecule has 0 fully saturated rings. The van der Waals surface area contributed by atoms with Crippen molar-refractivity contribution < 1.29 is 4.79 Å². The van der Waals surface area contributed by atoms with E-state index < -0.39 is 5.91 Å². The summed E-state index contributed by atoms with van der Waals surface area (Å²) in [5.74, 6) is -0.620. The van der Waals surface area contributed by atoms with Crippen molar-refractivity contribution in [3.05, 3.63) is 84.8 Å². The zero-order chi connectivity index (χ0) is 13.8. The summed E-state index contributed by atoms with van der Waals surface area (Å²) in [4.78, 5) is 11.1. The molecule has 0 aromatic rings. The van der Waals surface area contributed by atoms with E-state index >= 15 is 0 Å². The van der Waals surface area contributed by atoms with Crippen molar-refractivity contribution >= 4 is 5.91 Å². The second-order valence-corrected chi connectivity index (χ2v) is 3.40. The topological polar surface area (TPSA) is 67.8 Å². The van der Waals surface area contributed by atoms with E-state index in [-0.39, 0.29) is 5.70 Å². The number of nitrogens with two attached hydrogens (primary N) is 1. The third-order valence-corrected chi connectivity index (χ3v) is 1.94. The van der Waals surface area contributed by atoms with E-state index in [4.69, 9.17) is 5.73 Å². The van der Waals surface area contributed by atoms with Crippen LogP contribution < -0.4 is 5.73 Å². The highest BCUT2D eigenvalue weighted by atomic mass is 16.1. The van der Waals surface area contributed by atoms with E-state index in [9.17, 15) is 4.79 Å². The molecule has 0 bridgehead atoms. The van der Waals surface area contributed by atoms with Crippen LogP contribution in [-0.2, 0) is 4.79 Å². The Kier molecular flexibility index (Phi) is 7.00. The standard InChI is InChI=1S/C15H15N3O/c16-15(19)14-12-10-8-6-4-2-1-3-5-7-9-11-13-17-18-14/h1-13H,(H2,16,19). The van der Waals surface area contributed by atoms with Crippen molar-refractivity contribution in [1.29, 1.82) is 0 Å². The van der Waals surface area contributed by atoms with E-state index in [2.05, 4.69) is 10.2 Å². The minimum absolute atomic E-state index is 0.0980. The zero-order valence-electron chi connectivity index (χ0n) is 10.4. The smallest absolute Gasteiger partial charge is 0.269 e. The number of hydrogen-bond donors (Lipinski definition) is 1. The minimum atomic E-state index is -0.620. The largest absolute Gasteiger partial charge is 0.364 e. The lowest BCUT2D eigenvalue weighted by molar-refractivity contribution is -0.114. The molecule has 1 aliphatic heterocycles. The molecule has 4 nitrogen and oxygen atoms in total. The fourth-order valence-electron chi connectivity index (χ4n) is 1.07. The quantitative estimate of drug-likeness (QED) is 0.766. The van der Waals surface area contributed by atoms with Gasteiger partial charge in [-0.1, -0.05) is 60.8 Å². The first-order chi connectivity index (χ1) is 9.30. The molecule has 0 spiro atoms. The Morgan fingerprint density at radius 2 is 1.26 bits per heavy atom. The van der Waals surface area contributed by atoms with Gasteiger partial charge >= 0.3 is 0 Å². The molecule has 0 saturated carbocycles. The number of nitrogens with zero attached hydrogens (tertiary/aromatic N) is 2. The van der Waals surface area contributed by atoms with Gasteiger partial charge in [0.25, 0.3) is 5.91 Å². The van der Waals surface area contributed by atoms with Crippen molar-refractivity contribution in [2.45, 2.75) is 0 Å². The van der Waals surface area contributed by atoms with Gasteiger partial charge in [-0.2, -0.15) is 5.11 Å². The molecule has 1 amide bonds. The molecule has 0 aromatic heterocycles. The third kappa shape index (κ3) is 7.23. The lowest BCUT2D eigenvalue weighted by Gasteiger charge is -1.90. The highest BCUT2D eigenvalue weighted by molar-refractivity contribution is 5.91. The van der Waals surface area contributed by atoms with E-state index in [1.807, 2.05) is 42.5 Å². The average molecular weight is 253 g/mol. The summed E-state index contributed by atoms with van der Waals surface area (Å²) in [6, 6.07) is 0. The van der Waals surface area contributed by atoms with Crippen molar-refractivity contribution in [2.24, 2.45) is 16.0 Å². The van der Waals surface area contributed by atoms with Crippen LogP contribution in [0.3, 0.4) is 0 Å². The highest BCUT2D eigenvalue weighted by Crippen LogP contribution is 1.98. The van der Waals surface area contributed by atoms with E-state index in [1.54, 1.807) is 24.3 Å². The third-order valence-electron chi connectivity index (χ3n) is 1.94. The van der Waals surface area contributed by atoms with Crippen molar-refractivity contribution in [3.63, 3.8) is 0 Å². The summed E-state index contributed by atoms with van der Waals surface area (Å²) in [6.45, 7) is 0. The van der Waals surface area contributed by atoms with Gasteiger partial charge in [0.2, 0.25) is 0 Å². The fourth-order valence-corrected chi connectivity index (χ4v) is 1.07. The number of allylic oxidation sites excluding steroid dienone is 12. The molecule has 0 unspecified atom stereocenters. The Morgan fingerprint density at radius 3 is 1.79 bits per heavy atom. The van der Waals surface area contributed by atoms with Crippen molar-refractivity contribution in [2.75, 3.05) is 0 Å². The Balaban J connectivity index is 2.92. The average Bonchev–Trinajstić information content (AvgIpc) is 2.38. The number of primary amides is 1. The van der Waals surface area contributed by atoms with Crippen LogP contribution in [0.15, 0.2) is 95.0 Å². The predicted octanol–water partition coefficient (Wildman–Crippen LogP) is 3.12. The lowest BCUT2D eigenvalue weighted by atomic mass is 10.3. The van der Waals surface area contributed by atoms with Gasteiger partial charge in [0.15, 0.2) is 5.70 Å². The molecule has 0 saturated heterocycles. The molecule has 0 aliphatic carbocycles. The van der Waals surface area contributed by atoms with Crippen molar-refractivity contribution in [1.82, 2.24) is 0 Å². The Labute approximate surface area is 112 Å².